The summed E-state index contributed by atoms with van der Waals surface area (Å²) in [5, 5.41) is 7.30. The average Bonchev–Trinajstić information content (AvgIpc) is 3.62. The molecule has 0 radical (unpaired) electrons. The first-order valence-electron chi connectivity index (χ1n) is 15.5. The maximum absolute atomic E-state index is 14.1. The van der Waals surface area contributed by atoms with Crippen LogP contribution in [0.4, 0.5) is 23.7 Å². The van der Waals surface area contributed by atoms with Gasteiger partial charge in [0.05, 0.1) is 68.2 Å². The van der Waals surface area contributed by atoms with E-state index in [0.717, 1.165) is 21.3 Å². The molecule has 1 aliphatic rings. The number of carbonyl (C=O) groups is 2. The predicted molar refractivity (Wildman–Crippen MR) is 172 cm³/mol. The van der Waals surface area contributed by atoms with E-state index in [1.165, 1.54) is 23.0 Å². The molecule has 0 saturated heterocycles. The number of esters is 1. The van der Waals surface area contributed by atoms with Gasteiger partial charge in [-0.05, 0) is 69.0 Å². The maximum atomic E-state index is 14.1. The second-order valence-electron chi connectivity index (χ2n) is 12.9. The zero-order chi connectivity index (χ0) is 34.8. The fourth-order valence-electron chi connectivity index (χ4n) is 5.83. The summed E-state index contributed by atoms with van der Waals surface area (Å²) >= 11 is 0. The molecule has 1 N–H and O–H groups in total. The Bertz CT molecular complexity index is 1900. The molecular weight excluding hydrogens is 627 g/mol. The molecule has 1 aliphatic carbocycles. The van der Waals surface area contributed by atoms with Crippen molar-refractivity contribution in [2.75, 3.05) is 34.3 Å². The SMILES string of the molecule is [C-]#[N+]c1ccc(-n2nccc2-c2c(C)n(-c3cccc(C(F)(F)F)c3)c(=O)n2C(=O)NC2CCC(C(=O)OCC[N+](C)(C)C)CC2)cc1. The van der Waals surface area contributed by atoms with Gasteiger partial charge in [0.15, 0.2) is 5.69 Å². The second-order valence-corrected chi connectivity index (χ2v) is 12.9. The van der Waals surface area contributed by atoms with E-state index in [1.807, 2.05) is 21.1 Å². The first kappa shape index (κ1) is 34.2. The van der Waals surface area contributed by atoms with Crippen LogP contribution in [-0.2, 0) is 15.7 Å². The van der Waals surface area contributed by atoms with Crippen LogP contribution in [0, 0.1) is 19.4 Å². The second kappa shape index (κ2) is 13.5. The van der Waals surface area contributed by atoms with Gasteiger partial charge in [-0.25, -0.2) is 23.7 Å². The van der Waals surface area contributed by atoms with E-state index in [2.05, 4.69) is 15.3 Å². The first-order chi connectivity index (χ1) is 22.7. The molecule has 5 rings (SSSR count). The van der Waals surface area contributed by atoms with Crippen LogP contribution in [0.1, 0.15) is 36.9 Å². The number of quaternary nitrogens is 1. The zero-order valence-corrected chi connectivity index (χ0v) is 27.1. The molecule has 0 bridgehead atoms. The highest BCUT2D eigenvalue weighted by Crippen LogP contribution is 2.32. The highest BCUT2D eigenvalue weighted by atomic mass is 19.4. The number of alkyl halides is 3. The van der Waals surface area contributed by atoms with Crippen LogP contribution >= 0.6 is 0 Å². The number of carbonyl (C=O) groups excluding carboxylic acids is 2. The van der Waals surface area contributed by atoms with Crippen molar-refractivity contribution in [2.24, 2.45) is 5.92 Å². The number of ether oxygens (including phenoxy) is 1. The molecule has 1 fully saturated rings. The fourth-order valence-corrected chi connectivity index (χ4v) is 5.83. The minimum Gasteiger partial charge on any atom is -0.459 e. The first-order valence-corrected chi connectivity index (χ1v) is 15.5. The molecule has 4 aromatic rings. The van der Waals surface area contributed by atoms with Crippen molar-refractivity contribution in [1.29, 1.82) is 0 Å². The number of likely N-dealkylation sites (N-methyl/N-ethyl adjacent to an activating group) is 1. The van der Waals surface area contributed by atoms with Gasteiger partial charge in [0.2, 0.25) is 0 Å². The summed E-state index contributed by atoms with van der Waals surface area (Å²) in [6.45, 7) is 9.78. The van der Waals surface area contributed by atoms with Gasteiger partial charge in [-0.2, -0.15) is 18.3 Å². The number of rotatable bonds is 8. The predicted octanol–water partition coefficient (Wildman–Crippen LogP) is 5.74. The lowest BCUT2D eigenvalue weighted by molar-refractivity contribution is -0.870. The van der Waals surface area contributed by atoms with Crippen LogP contribution in [0.3, 0.4) is 0 Å². The van der Waals surface area contributed by atoms with Gasteiger partial charge in [0.1, 0.15) is 18.8 Å². The lowest BCUT2D eigenvalue weighted by atomic mass is 9.86. The van der Waals surface area contributed by atoms with Crippen LogP contribution in [0.25, 0.3) is 27.6 Å². The van der Waals surface area contributed by atoms with Gasteiger partial charge in [0, 0.05) is 6.04 Å². The Morgan fingerprint density at radius 3 is 2.35 bits per heavy atom. The lowest BCUT2D eigenvalue weighted by Crippen LogP contribution is -2.44. The Labute approximate surface area is 275 Å². The monoisotopic (exact) mass is 664 g/mol. The standard InChI is InChI=1S/C34H36F3N7O4/c1-22-30(29-17-18-39-43(29)27-15-13-25(38-2)14-16-27)42(33(47)41(22)28-8-6-7-24(21-28)34(35,36)37)32(46)40-26-11-9-23(10-12-26)31(45)48-20-19-44(3,4)5/h6-8,13-18,21,23,26H,9-12,19-20H2,1,3-5H3/p+1. The molecule has 0 spiro atoms. The minimum absolute atomic E-state index is 0.0584. The number of halogens is 3. The third-order valence-electron chi connectivity index (χ3n) is 8.42. The maximum Gasteiger partial charge on any atom is 0.416 e. The van der Waals surface area contributed by atoms with Gasteiger partial charge in [-0.3, -0.25) is 9.36 Å². The molecule has 2 aromatic heterocycles. The molecule has 2 aromatic carbocycles. The topological polar surface area (TPSA) is 105 Å². The Kier molecular flexibility index (Phi) is 9.63. The average molecular weight is 665 g/mol. The molecule has 252 valence electrons. The Morgan fingerprint density at radius 2 is 1.73 bits per heavy atom. The Morgan fingerprint density at radius 1 is 1.04 bits per heavy atom. The quantitative estimate of drug-likeness (QED) is 0.147. The van der Waals surface area contributed by atoms with Gasteiger partial charge < -0.3 is 14.5 Å². The van der Waals surface area contributed by atoms with Crippen molar-refractivity contribution < 1.29 is 32.0 Å². The zero-order valence-electron chi connectivity index (χ0n) is 27.1. The molecule has 1 saturated carbocycles. The van der Waals surface area contributed by atoms with E-state index in [4.69, 9.17) is 11.3 Å². The van der Waals surface area contributed by atoms with Crippen LogP contribution < -0.4 is 11.0 Å². The van der Waals surface area contributed by atoms with Gasteiger partial charge >= 0.3 is 23.9 Å². The number of imidazole rings is 1. The number of hydrogen-bond donors (Lipinski definition) is 1. The third kappa shape index (κ3) is 7.36. The van der Waals surface area contributed by atoms with Gasteiger partial charge in [-0.1, -0.05) is 18.2 Å². The summed E-state index contributed by atoms with van der Waals surface area (Å²) in [7, 11) is 6.03. The largest absolute Gasteiger partial charge is 0.459 e. The molecule has 0 unspecified atom stereocenters. The van der Waals surface area contributed by atoms with Crippen LogP contribution in [0.2, 0.25) is 0 Å². The van der Waals surface area contributed by atoms with E-state index in [9.17, 15) is 27.6 Å². The smallest absolute Gasteiger partial charge is 0.416 e. The van der Waals surface area contributed by atoms with Crippen molar-refractivity contribution in [2.45, 2.75) is 44.8 Å². The molecule has 11 nitrogen and oxygen atoms in total. The van der Waals surface area contributed by atoms with Gasteiger partial charge in [0.25, 0.3) is 0 Å². The highest BCUT2D eigenvalue weighted by molar-refractivity contribution is 5.83. The van der Waals surface area contributed by atoms with Crippen LogP contribution in [-0.4, -0.2) is 75.7 Å². The fraction of sp³-hybridized carbons (Fsp3) is 0.382. The third-order valence-corrected chi connectivity index (χ3v) is 8.42. The van der Waals surface area contributed by atoms with E-state index >= 15 is 0 Å². The van der Waals surface area contributed by atoms with Crippen molar-refractivity contribution in [3.8, 4) is 22.8 Å². The van der Waals surface area contributed by atoms with Gasteiger partial charge in [-0.15, -0.1) is 0 Å². The number of benzene rings is 2. The van der Waals surface area contributed by atoms with Crippen LogP contribution in [0.5, 0.6) is 0 Å². The molecule has 0 aliphatic heterocycles. The summed E-state index contributed by atoms with van der Waals surface area (Å²) in [6.07, 6.45) is -1.23. The minimum atomic E-state index is -4.65. The molecule has 0 atom stereocenters. The highest BCUT2D eigenvalue weighted by Gasteiger charge is 2.33. The lowest BCUT2D eigenvalue weighted by Gasteiger charge is -2.28. The Balaban J connectivity index is 1.48. The van der Waals surface area contributed by atoms with E-state index in [0.29, 0.717) is 60.4 Å². The molecule has 2 heterocycles. The van der Waals surface area contributed by atoms with E-state index in [1.54, 1.807) is 37.3 Å². The Hall–Kier alpha value is -5.16. The number of nitrogens with zero attached hydrogens (tertiary/aromatic N) is 6. The summed E-state index contributed by atoms with van der Waals surface area (Å²) in [4.78, 5) is 44.1. The van der Waals surface area contributed by atoms with Crippen LogP contribution in [0.15, 0.2) is 65.6 Å². The summed E-state index contributed by atoms with van der Waals surface area (Å²) in [5.74, 6) is -0.560. The number of hydrogen-bond acceptors (Lipinski definition) is 5. The molecule has 14 heteroatoms. The molecule has 48 heavy (non-hydrogen) atoms. The molecular formula is C34H37F3N7O4+. The summed E-state index contributed by atoms with van der Waals surface area (Å²) in [6, 6.07) is 11.4. The van der Waals surface area contributed by atoms with Crippen molar-refractivity contribution in [1.82, 2.24) is 24.2 Å². The summed E-state index contributed by atoms with van der Waals surface area (Å²) < 4.78 is 50.6. The van der Waals surface area contributed by atoms with Crippen molar-refractivity contribution in [3.05, 3.63) is 94.0 Å². The van der Waals surface area contributed by atoms with Crippen molar-refractivity contribution >= 4 is 17.7 Å². The normalized spacial score (nSPS) is 16.7. The van der Waals surface area contributed by atoms with E-state index < -0.39 is 23.5 Å². The summed E-state index contributed by atoms with van der Waals surface area (Å²) in [5.41, 5.74) is -0.223. The van der Waals surface area contributed by atoms with E-state index in [-0.39, 0.29) is 35.0 Å². The van der Waals surface area contributed by atoms with Crippen molar-refractivity contribution in [3.63, 3.8) is 0 Å². The number of amides is 1. The number of aromatic nitrogens is 4. The number of nitrogens with one attached hydrogen (secondary N) is 1. The molecule has 1 amide bonds.